The fourth-order valence-electron chi connectivity index (χ4n) is 3.54. The van der Waals surface area contributed by atoms with Crippen LogP contribution in [0.15, 0.2) is 12.4 Å². The van der Waals surface area contributed by atoms with Gasteiger partial charge in [-0.25, -0.2) is 8.42 Å². The largest absolute Gasteiger partial charge is 0.294 e. The van der Waals surface area contributed by atoms with E-state index in [1.807, 2.05) is 10.9 Å². The van der Waals surface area contributed by atoms with Crippen molar-refractivity contribution < 1.29 is 8.42 Å². The lowest BCUT2D eigenvalue weighted by Gasteiger charge is -2.37. The molecule has 0 aromatic carbocycles. The van der Waals surface area contributed by atoms with E-state index in [1.54, 1.807) is 0 Å². The normalized spacial score (nSPS) is 29.5. The molecule has 21 heavy (non-hydrogen) atoms. The van der Waals surface area contributed by atoms with Gasteiger partial charge in [-0.3, -0.25) is 9.58 Å². The van der Waals surface area contributed by atoms with Crippen molar-refractivity contribution in [3.63, 3.8) is 0 Å². The van der Waals surface area contributed by atoms with E-state index in [-0.39, 0.29) is 16.8 Å². The van der Waals surface area contributed by atoms with Gasteiger partial charge in [0.05, 0.1) is 22.7 Å². The molecule has 0 amide bonds. The quantitative estimate of drug-likeness (QED) is 0.835. The predicted octanol–water partition coefficient (Wildman–Crippen LogP) is 1.79. The smallest absolute Gasteiger partial charge is 0.155 e. The second kappa shape index (κ2) is 5.09. The number of fused-ring (bicyclic) bond motifs is 1. The zero-order valence-electron chi connectivity index (χ0n) is 13.1. The summed E-state index contributed by atoms with van der Waals surface area (Å²) >= 11 is 0. The van der Waals surface area contributed by atoms with Crippen LogP contribution < -0.4 is 0 Å². The fraction of sp³-hybridized carbons (Fsp3) is 0.800. The second-order valence-electron chi connectivity index (χ2n) is 7.34. The summed E-state index contributed by atoms with van der Waals surface area (Å²) in [5.74, 6) is 0.307. The fourth-order valence-corrected chi connectivity index (χ4v) is 5.65. The highest BCUT2D eigenvalue weighted by Gasteiger charge is 2.44. The van der Waals surface area contributed by atoms with E-state index in [9.17, 15) is 8.42 Å². The first-order chi connectivity index (χ1) is 9.77. The minimum atomic E-state index is -2.87. The molecule has 5 nitrogen and oxygen atoms in total. The Morgan fingerprint density at radius 3 is 2.76 bits per heavy atom. The standard InChI is InChI=1S/C15H25N3O2S/c1-15(2,3)18-11-12(9-16-18)10-17-7-8-21(19,20)14-6-4-5-13(14)17/h9,11,13-14H,4-8,10H2,1-3H3. The highest BCUT2D eigenvalue weighted by molar-refractivity contribution is 7.92. The van der Waals surface area contributed by atoms with Crippen LogP contribution in [0.4, 0.5) is 0 Å². The van der Waals surface area contributed by atoms with Gasteiger partial charge in [0.1, 0.15) is 0 Å². The van der Waals surface area contributed by atoms with E-state index in [2.05, 4.69) is 37.0 Å². The SMILES string of the molecule is CC(C)(C)n1cc(CN2CCS(=O)(=O)C3CCCC32)cn1. The Bertz CT molecular complexity index is 615. The lowest BCUT2D eigenvalue weighted by molar-refractivity contribution is 0.192. The van der Waals surface area contributed by atoms with Crippen LogP contribution in [0.25, 0.3) is 0 Å². The topological polar surface area (TPSA) is 55.2 Å². The maximum absolute atomic E-state index is 12.2. The van der Waals surface area contributed by atoms with Crippen LogP contribution in [0, 0.1) is 0 Å². The molecule has 1 saturated heterocycles. The van der Waals surface area contributed by atoms with Crippen molar-refractivity contribution in [2.75, 3.05) is 12.3 Å². The molecule has 2 unspecified atom stereocenters. The van der Waals surface area contributed by atoms with E-state index in [0.29, 0.717) is 12.3 Å². The summed E-state index contributed by atoms with van der Waals surface area (Å²) < 4.78 is 26.3. The number of aromatic nitrogens is 2. The molecule has 1 aromatic rings. The molecule has 0 radical (unpaired) electrons. The maximum atomic E-state index is 12.2. The van der Waals surface area contributed by atoms with Gasteiger partial charge < -0.3 is 0 Å². The van der Waals surface area contributed by atoms with Gasteiger partial charge in [0, 0.05) is 30.9 Å². The third kappa shape index (κ3) is 2.88. The minimum absolute atomic E-state index is 0.0145. The van der Waals surface area contributed by atoms with Gasteiger partial charge in [0.2, 0.25) is 0 Å². The number of sulfone groups is 1. The van der Waals surface area contributed by atoms with Crippen molar-refractivity contribution in [3.05, 3.63) is 18.0 Å². The van der Waals surface area contributed by atoms with Crippen molar-refractivity contribution >= 4 is 9.84 Å². The Kier molecular flexibility index (Phi) is 3.64. The number of nitrogens with zero attached hydrogens (tertiary/aromatic N) is 3. The van der Waals surface area contributed by atoms with Crippen LogP contribution in [0.2, 0.25) is 0 Å². The summed E-state index contributed by atoms with van der Waals surface area (Å²) in [6.45, 7) is 7.86. The number of hydrogen-bond acceptors (Lipinski definition) is 4. The summed E-state index contributed by atoms with van der Waals surface area (Å²) in [6, 6.07) is 0.210. The van der Waals surface area contributed by atoms with Gasteiger partial charge >= 0.3 is 0 Å². The van der Waals surface area contributed by atoms with E-state index in [1.165, 1.54) is 5.56 Å². The first kappa shape index (κ1) is 15.0. The molecule has 0 bridgehead atoms. The molecular weight excluding hydrogens is 286 g/mol. The van der Waals surface area contributed by atoms with Crippen molar-refractivity contribution in [2.24, 2.45) is 0 Å². The predicted molar refractivity (Wildman–Crippen MR) is 82.8 cm³/mol. The molecule has 2 fully saturated rings. The lowest BCUT2D eigenvalue weighted by Crippen LogP contribution is -2.51. The molecule has 1 saturated carbocycles. The van der Waals surface area contributed by atoms with E-state index in [0.717, 1.165) is 25.8 Å². The summed E-state index contributed by atoms with van der Waals surface area (Å²) in [6.07, 6.45) is 6.89. The van der Waals surface area contributed by atoms with Gasteiger partial charge in [0.15, 0.2) is 9.84 Å². The van der Waals surface area contributed by atoms with Crippen LogP contribution in [-0.4, -0.2) is 46.7 Å². The van der Waals surface area contributed by atoms with Gasteiger partial charge in [-0.05, 0) is 33.6 Å². The zero-order valence-corrected chi connectivity index (χ0v) is 13.9. The molecule has 2 aliphatic rings. The third-order valence-electron chi connectivity index (χ3n) is 4.72. The summed E-state index contributed by atoms with van der Waals surface area (Å²) in [5.41, 5.74) is 1.16. The molecular formula is C15H25N3O2S. The number of rotatable bonds is 2. The van der Waals surface area contributed by atoms with Crippen LogP contribution in [0.3, 0.4) is 0 Å². The average Bonchev–Trinajstić information content (AvgIpc) is 3.01. The molecule has 3 rings (SSSR count). The van der Waals surface area contributed by atoms with E-state index in [4.69, 9.17) is 0 Å². The second-order valence-corrected chi connectivity index (χ2v) is 9.68. The van der Waals surface area contributed by atoms with Crippen molar-refractivity contribution in [3.8, 4) is 0 Å². The molecule has 2 atom stereocenters. The highest BCUT2D eigenvalue weighted by Crippen LogP contribution is 2.34. The van der Waals surface area contributed by atoms with Crippen molar-refractivity contribution in [1.82, 2.24) is 14.7 Å². The Labute approximate surface area is 127 Å². The minimum Gasteiger partial charge on any atom is -0.294 e. The Morgan fingerprint density at radius 2 is 2.10 bits per heavy atom. The Morgan fingerprint density at radius 1 is 1.33 bits per heavy atom. The zero-order chi connectivity index (χ0) is 15.3. The molecule has 1 aliphatic heterocycles. The summed E-state index contributed by atoms with van der Waals surface area (Å²) in [4.78, 5) is 2.35. The maximum Gasteiger partial charge on any atom is 0.155 e. The first-order valence-electron chi connectivity index (χ1n) is 7.77. The molecule has 1 aromatic heterocycles. The highest BCUT2D eigenvalue weighted by atomic mass is 32.2. The van der Waals surface area contributed by atoms with Crippen molar-refractivity contribution in [1.29, 1.82) is 0 Å². The van der Waals surface area contributed by atoms with Crippen LogP contribution in [0.1, 0.15) is 45.6 Å². The Hall–Kier alpha value is -0.880. The molecule has 0 N–H and O–H groups in total. The van der Waals surface area contributed by atoms with Gasteiger partial charge in [-0.2, -0.15) is 5.10 Å². The average molecular weight is 311 g/mol. The van der Waals surface area contributed by atoms with E-state index >= 15 is 0 Å². The third-order valence-corrected chi connectivity index (χ3v) is 6.94. The lowest BCUT2D eigenvalue weighted by atomic mass is 10.1. The van der Waals surface area contributed by atoms with Crippen LogP contribution in [0.5, 0.6) is 0 Å². The summed E-state index contributed by atoms with van der Waals surface area (Å²) in [5, 5.41) is 4.30. The van der Waals surface area contributed by atoms with Crippen LogP contribution >= 0.6 is 0 Å². The van der Waals surface area contributed by atoms with Crippen molar-refractivity contribution in [2.45, 2.75) is 63.4 Å². The molecule has 2 heterocycles. The first-order valence-corrected chi connectivity index (χ1v) is 9.48. The van der Waals surface area contributed by atoms with Crippen LogP contribution in [-0.2, 0) is 21.9 Å². The Balaban J connectivity index is 1.75. The van der Waals surface area contributed by atoms with Gasteiger partial charge in [0.25, 0.3) is 0 Å². The summed E-state index contributed by atoms with van der Waals surface area (Å²) in [7, 11) is -2.87. The molecule has 6 heteroatoms. The monoisotopic (exact) mass is 311 g/mol. The van der Waals surface area contributed by atoms with Gasteiger partial charge in [-0.1, -0.05) is 6.42 Å². The molecule has 1 aliphatic carbocycles. The molecule has 0 spiro atoms. The van der Waals surface area contributed by atoms with E-state index < -0.39 is 9.84 Å². The molecule has 118 valence electrons. The number of hydrogen-bond donors (Lipinski definition) is 0. The van der Waals surface area contributed by atoms with Gasteiger partial charge in [-0.15, -0.1) is 0 Å².